The quantitative estimate of drug-likeness (QED) is 0.794. The molecule has 6 rings (SSSR count). The molecule has 4 aliphatic carbocycles. The second kappa shape index (κ2) is 3.77. The van der Waals surface area contributed by atoms with E-state index in [1.165, 1.54) is 12.1 Å². The summed E-state index contributed by atoms with van der Waals surface area (Å²) < 4.78 is 0. The first-order valence-corrected chi connectivity index (χ1v) is 8.21. The molecule has 1 N–H and O–H groups in total. The van der Waals surface area contributed by atoms with E-state index >= 15 is 0 Å². The second-order valence-corrected chi connectivity index (χ2v) is 7.62. The van der Waals surface area contributed by atoms with Gasteiger partial charge in [0.15, 0.2) is 0 Å². The van der Waals surface area contributed by atoms with Crippen LogP contribution in [0.25, 0.3) is 0 Å². The van der Waals surface area contributed by atoms with Gasteiger partial charge >= 0.3 is 0 Å². The lowest BCUT2D eigenvalue weighted by atomic mass is 9.50. The first-order valence-electron chi connectivity index (χ1n) is 8.21. The molecule has 0 amide bonds. The van der Waals surface area contributed by atoms with Crippen molar-refractivity contribution in [2.45, 2.75) is 44.6 Å². The van der Waals surface area contributed by atoms with E-state index in [0.29, 0.717) is 0 Å². The summed E-state index contributed by atoms with van der Waals surface area (Å²) in [6.45, 7) is 0. The molecule has 1 heteroatoms. The maximum Gasteiger partial charge on any atom is 0.0375 e. The van der Waals surface area contributed by atoms with Crippen molar-refractivity contribution < 1.29 is 0 Å². The van der Waals surface area contributed by atoms with Gasteiger partial charge in [0.05, 0.1) is 0 Å². The number of para-hydroxylation sites is 1. The van der Waals surface area contributed by atoms with Crippen molar-refractivity contribution in [3.8, 4) is 0 Å². The zero-order valence-corrected chi connectivity index (χ0v) is 11.5. The summed E-state index contributed by atoms with van der Waals surface area (Å²) in [6.07, 6.45) is 9.04. The van der Waals surface area contributed by atoms with Crippen molar-refractivity contribution in [2.24, 2.45) is 29.6 Å². The Kier molecular flexibility index (Phi) is 2.14. The third kappa shape index (κ3) is 1.53. The van der Waals surface area contributed by atoms with E-state index < -0.39 is 0 Å². The molecule has 5 aliphatic rings. The van der Waals surface area contributed by atoms with Gasteiger partial charge in [0.1, 0.15) is 0 Å². The highest BCUT2D eigenvalue weighted by molar-refractivity contribution is 5.56. The Labute approximate surface area is 115 Å². The number of benzene rings is 1. The highest BCUT2D eigenvalue weighted by atomic mass is 15.0. The number of nitrogens with one attached hydrogen (secondary N) is 1. The lowest BCUT2D eigenvalue weighted by Gasteiger charge is -2.56. The zero-order chi connectivity index (χ0) is 12.4. The molecule has 1 unspecified atom stereocenters. The molecule has 1 aromatic rings. The summed E-state index contributed by atoms with van der Waals surface area (Å²) in [6, 6.07) is 9.70. The second-order valence-electron chi connectivity index (χ2n) is 7.62. The number of hydrogen-bond acceptors (Lipinski definition) is 1. The van der Waals surface area contributed by atoms with Gasteiger partial charge in [-0.3, -0.25) is 0 Å². The third-order valence-electron chi connectivity index (χ3n) is 6.56. The molecule has 0 aromatic heterocycles. The first kappa shape index (κ1) is 10.8. The SMILES string of the molecule is c1ccc2c(c1)CC(C1C3CC4CC(C3)CC1C4)N2. The molecule has 4 bridgehead atoms. The Hall–Kier alpha value is -0.980. The predicted molar refractivity (Wildman–Crippen MR) is 78.1 cm³/mol. The van der Waals surface area contributed by atoms with Crippen LogP contribution in [0.5, 0.6) is 0 Å². The lowest BCUT2D eigenvalue weighted by Crippen LogP contribution is -2.50. The van der Waals surface area contributed by atoms with Gasteiger partial charge in [0.2, 0.25) is 0 Å². The fourth-order valence-electron chi connectivity index (χ4n) is 6.18. The van der Waals surface area contributed by atoms with E-state index in [2.05, 4.69) is 29.6 Å². The standard InChI is InChI=1S/C18H23N/c1-2-4-16-13(3-1)10-17(19-16)18-14-6-11-5-12(8-14)9-15(18)7-11/h1-4,11-12,14-15,17-19H,5-10H2. The molecule has 1 aromatic carbocycles. The van der Waals surface area contributed by atoms with Gasteiger partial charge in [-0.1, -0.05) is 18.2 Å². The maximum absolute atomic E-state index is 3.86. The Morgan fingerprint density at radius 3 is 2.21 bits per heavy atom. The number of fused-ring (bicyclic) bond motifs is 1. The fourth-order valence-corrected chi connectivity index (χ4v) is 6.18. The topological polar surface area (TPSA) is 12.0 Å². The van der Waals surface area contributed by atoms with E-state index in [9.17, 15) is 0 Å². The van der Waals surface area contributed by atoms with E-state index in [-0.39, 0.29) is 0 Å². The lowest BCUT2D eigenvalue weighted by molar-refractivity contribution is -0.0430. The van der Waals surface area contributed by atoms with Gasteiger partial charge in [-0.15, -0.1) is 0 Å². The maximum atomic E-state index is 3.86. The minimum atomic E-state index is 0.743. The van der Waals surface area contributed by atoms with E-state index in [1.54, 1.807) is 37.7 Å². The summed E-state index contributed by atoms with van der Waals surface area (Å²) in [5, 5.41) is 3.86. The number of anilines is 1. The molecule has 0 radical (unpaired) electrons. The fraction of sp³-hybridized carbons (Fsp3) is 0.667. The Bertz CT molecular complexity index is 453. The van der Waals surface area contributed by atoms with E-state index in [4.69, 9.17) is 0 Å². The van der Waals surface area contributed by atoms with Crippen molar-refractivity contribution in [2.75, 3.05) is 5.32 Å². The highest BCUT2D eigenvalue weighted by Gasteiger charge is 2.51. The van der Waals surface area contributed by atoms with Crippen molar-refractivity contribution >= 4 is 5.69 Å². The monoisotopic (exact) mass is 253 g/mol. The normalized spacial score (nSPS) is 46.1. The summed E-state index contributed by atoms with van der Waals surface area (Å²) in [4.78, 5) is 0. The van der Waals surface area contributed by atoms with Gasteiger partial charge in [0.25, 0.3) is 0 Å². The summed E-state index contributed by atoms with van der Waals surface area (Å²) >= 11 is 0. The van der Waals surface area contributed by atoms with Gasteiger partial charge in [-0.2, -0.15) is 0 Å². The van der Waals surface area contributed by atoms with Crippen LogP contribution in [0.3, 0.4) is 0 Å². The van der Waals surface area contributed by atoms with Gasteiger partial charge in [0, 0.05) is 11.7 Å². The van der Waals surface area contributed by atoms with Crippen molar-refractivity contribution in [3.63, 3.8) is 0 Å². The first-order chi connectivity index (χ1) is 9.37. The largest absolute Gasteiger partial charge is 0.381 e. The van der Waals surface area contributed by atoms with E-state index in [0.717, 1.165) is 35.6 Å². The average molecular weight is 253 g/mol. The van der Waals surface area contributed by atoms with Crippen LogP contribution in [0.4, 0.5) is 5.69 Å². The van der Waals surface area contributed by atoms with Gasteiger partial charge in [-0.25, -0.2) is 0 Å². The smallest absolute Gasteiger partial charge is 0.0375 e. The molecule has 4 saturated carbocycles. The van der Waals surface area contributed by atoms with E-state index in [1.807, 2.05) is 0 Å². The molecular weight excluding hydrogens is 230 g/mol. The van der Waals surface area contributed by atoms with Crippen LogP contribution in [0.1, 0.15) is 37.7 Å². The molecule has 1 nitrogen and oxygen atoms in total. The summed E-state index contributed by atoms with van der Waals surface area (Å²) in [5.74, 6) is 5.26. The van der Waals surface area contributed by atoms with Crippen LogP contribution in [0.2, 0.25) is 0 Å². The van der Waals surface area contributed by atoms with Gasteiger partial charge < -0.3 is 5.32 Å². The number of hydrogen-bond donors (Lipinski definition) is 1. The molecule has 19 heavy (non-hydrogen) atoms. The van der Waals surface area contributed by atoms with Crippen molar-refractivity contribution in [1.29, 1.82) is 0 Å². The Morgan fingerprint density at radius 2 is 1.53 bits per heavy atom. The van der Waals surface area contributed by atoms with Crippen LogP contribution < -0.4 is 5.32 Å². The summed E-state index contributed by atoms with van der Waals surface area (Å²) in [7, 11) is 0. The molecule has 4 fully saturated rings. The molecular formula is C18H23N. The highest BCUT2D eigenvalue weighted by Crippen LogP contribution is 2.58. The van der Waals surface area contributed by atoms with Crippen molar-refractivity contribution in [3.05, 3.63) is 29.8 Å². The molecule has 100 valence electrons. The van der Waals surface area contributed by atoms with Crippen LogP contribution in [-0.4, -0.2) is 6.04 Å². The minimum Gasteiger partial charge on any atom is -0.381 e. The average Bonchev–Trinajstić information content (AvgIpc) is 2.80. The molecule has 0 spiro atoms. The van der Waals surface area contributed by atoms with Gasteiger partial charge in [-0.05, 0) is 79.7 Å². The molecule has 1 aliphatic heterocycles. The number of rotatable bonds is 1. The molecule has 1 heterocycles. The minimum absolute atomic E-state index is 0.743. The molecule has 1 atom stereocenters. The van der Waals surface area contributed by atoms with Crippen molar-refractivity contribution in [1.82, 2.24) is 0 Å². The van der Waals surface area contributed by atoms with Crippen LogP contribution in [-0.2, 0) is 6.42 Å². The molecule has 0 saturated heterocycles. The van der Waals surface area contributed by atoms with Crippen LogP contribution in [0, 0.1) is 29.6 Å². The summed E-state index contributed by atoms with van der Waals surface area (Å²) in [5.41, 5.74) is 2.97. The van der Waals surface area contributed by atoms with Crippen LogP contribution in [0.15, 0.2) is 24.3 Å². The van der Waals surface area contributed by atoms with Crippen LogP contribution >= 0.6 is 0 Å². The Morgan fingerprint density at radius 1 is 0.842 bits per heavy atom. The third-order valence-corrected chi connectivity index (χ3v) is 6.56. The zero-order valence-electron chi connectivity index (χ0n) is 11.5. The Balaban J connectivity index is 1.43. The predicted octanol–water partition coefficient (Wildman–Crippen LogP) is 4.10.